The van der Waals surface area contributed by atoms with Crippen LogP contribution in [0.5, 0.6) is 5.75 Å². The van der Waals surface area contributed by atoms with Gasteiger partial charge in [0.15, 0.2) is 5.75 Å². The predicted octanol–water partition coefficient (Wildman–Crippen LogP) is 1.76. The minimum atomic E-state index is -1.62. The fraction of sp³-hybridized carbons (Fsp3) is 0. The summed E-state index contributed by atoms with van der Waals surface area (Å²) in [6.45, 7) is 0. The van der Waals surface area contributed by atoms with Crippen molar-refractivity contribution in [3.63, 3.8) is 0 Å². The quantitative estimate of drug-likeness (QED) is 0.567. The number of para-hydroxylation sites is 1. The van der Waals surface area contributed by atoms with Gasteiger partial charge in [0.25, 0.3) is 0 Å². The van der Waals surface area contributed by atoms with E-state index in [-0.39, 0.29) is 5.75 Å². The van der Waals surface area contributed by atoms with Gasteiger partial charge in [-0.05, 0) is 12.1 Å². The van der Waals surface area contributed by atoms with Gasteiger partial charge in [0.2, 0.25) is 0 Å². The van der Waals surface area contributed by atoms with Crippen molar-refractivity contribution in [2.75, 3.05) is 0 Å². The van der Waals surface area contributed by atoms with Gasteiger partial charge in [-0.2, -0.15) is 5.54 Å². The molecule has 0 saturated carbocycles. The maximum atomic E-state index is 12.4. The number of hydrogen-bond acceptors (Lipinski definition) is 2. The zero-order chi connectivity index (χ0) is 9.68. The third kappa shape index (κ3) is 2.58. The normalized spacial score (nSPS) is 9.08. The largest absolute Gasteiger partial charge is 0.409 e. The smallest absolute Gasteiger partial charge is 0.346 e. The molecule has 6 heteroatoms. The number of carbonyl (C=O) groups is 1. The van der Waals surface area contributed by atoms with E-state index in [0.717, 1.165) is 0 Å². The van der Waals surface area contributed by atoms with Crippen molar-refractivity contribution in [1.82, 2.24) is 10.8 Å². The lowest BCUT2D eigenvalue weighted by Crippen LogP contribution is -2.32. The van der Waals surface area contributed by atoms with E-state index in [1.807, 2.05) is 0 Å². The average molecular weight is 188 g/mol. The number of rotatable bonds is 2. The minimum Gasteiger partial charge on any atom is -0.346 e. The van der Waals surface area contributed by atoms with Crippen LogP contribution in [0.1, 0.15) is 0 Å². The summed E-state index contributed by atoms with van der Waals surface area (Å²) in [7, 11) is 0. The van der Waals surface area contributed by atoms with Crippen LogP contribution in [0.4, 0.5) is 13.8 Å². The van der Waals surface area contributed by atoms with E-state index in [1.165, 1.54) is 12.1 Å². The third-order valence-electron chi connectivity index (χ3n) is 1.17. The molecule has 0 aliphatic rings. The molecule has 0 heterocycles. The SMILES string of the molecule is O=C(NF)N(F)Oc1ccccc1. The van der Waals surface area contributed by atoms with E-state index in [9.17, 15) is 13.8 Å². The second-order valence-corrected chi connectivity index (χ2v) is 2.05. The molecule has 0 aliphatic carbocycles. The van der Waals surface area contributed by atoms with Gasteiger partial charge in [0.1, 0.15) is 0 Å². The highest BCUT2D eigenvalue weighted by Gasteiger charge is 2.13. The van der Waals surface area contributed by atoms with E-state index in [4.69, 9.17) is 0 Å². The number of nitrogens with one attached hydrogen (secondary N) is 1. The van der Waals surface area contributed by atoms with Crippen LogP contribution in [-0.2, 0) is 0 Å². The van der Waals surface area contributed by atoms with Crippen LogP contribution >= 0.6 is 0 Å². The summed E-state index contributed by atoms with van der Waals surface area (Å²) < 4.78 is 23.8. The molecule has 1 aromatic carbocycles. The Hall–Kier alpha value is -1.85. The van der Waals surface area contributed by atoms with Crippen LogP contribution in [0.15, 0.2) is 30.3 Å². The summed E-state index contributed by atoms with van der Waals surface area (Å²) >= 11 is 0. The highest BCUT2D eigenvalue weighted by Crippen LogP contribution is 2.10. The molecule has 0 aliphatic heterocycles. The van der Waals surface area contributed by atoms with E-state index in [0.29, 0.717) is 5.54 Å². The highest BCUT2D eigenvalue weighted by molar-refractivity contribution is 5.70. The Morgan fingerprint density at radius 3 is 2.54 bits per heavy atom. The molecule has 0 aromatic heterocycles. The average Bonchev–Trinajstić information content (AvgIpc) is 2.18. The van der Waals surface area contributed by atoms with Crippen LogP contribution in [0.25, 0.3) is 0 Å². The Bertz CT molecular complexity index is 281. The molecule has 1 aromatic rings. The minimum absolute atomic E-state index is 0.0913. The molecule has 0 radical (unpaired) electrons. The number of hydrogen-bond donors (Lipinski definition) is 1. The molecule has 0 unspecified atom stereocenters. The summed E-state index contributed by atoms with van der Waals surface area (Å²) in [5.74, 6) is 0.0913. The Balaban J connectivity index is 2.55. The van der Waals surface area contributed by atoms with Gasteiger partial charge in [-0.3, -0.25) is 0 Å². The first-order valence-corrected chi connectivity index (χ1v) is 3.33. The summed E-state index contributed by atoms with van der Waals surface area (Å²) in [5, 5.41) is -0.741. The second-order valence-electron chi connectivity index (χ2n) is 2.05. The van der Waals surface area contributed by atoms with Crippen LogP contribution in [0.2, 0.25) is 0 Å². The molecule has 2 amide bonds. The van der Waals surface area contributed by atoms with E-state index in [2.05, 4.69) is 4.84 Å². The maximum absolute atomic E-state index is 12.4. The number of amides is 2. The highest BCUT2D eigenvalue weighted by atomic mass is 19.2. The van der Waals surface area contributed by atoms with Crippen molar-refractivity contribution in [1.29, 1.82) is 0 Å². The second kappa shape index (κ2) is 4.24. The number of carbonyl (C=O) groups excluding carboxylic acids is 1. The molecule has 0 fully saturated rings. The molecule has 4 nitrogen and oxygen atoms in total. The standard InChI is InChI=1S/C7H6F2N2O2/c8-10-7(12)11(9)13-6-4-2-1-3-5-6/h1-5H,(H,10,12). The van der Waals surface area contributed by atoms with Crippen molar-refractivity contribution in [3.8, 4) is 5.75 Å². The Labute approximate surface area is 72.5 Å². The molecule has 0 atom stereocenters. The van der Waals surface area contributed by atoms with Gasteiger partial charge in [0, 0.05) is 5.29 Å². The zero-order valence-corrected chi connectivity index (χ0v) is 6.41. The predicted molar refractivity (Wildman–Crippen MR) is 39.7 cm³/mol. The molecule has 0 spiro atoms. The van der Waals surface area contributed by atoms with Gasteiger partial charge in [-0.15, -0.1) is 0 Å². The maximum Gasteiger partial charge on any atom is 0.409 e. The van der Waals surface area contributed by atoms with Gasteiger partial charge in [0.05, 0.1) is 0 Å². The van der Waals surface area contributed by atoms with Gasteiger partial charge < -0.3 is 4.84 Å². The number of urea groups is 1. The summed E-state index contributed by atoms with van der Waals surface area (Å²) in [6, 6.07) is 6.05. The molecular formula is C7H6F2N2O2. The molecule has 0 bridgehead atoms. The van der Waals surface area contributed by atoms with E-state index >= 15 is 0 Å². The van der Waals surface area contributed by atoms with Crippen molar-refractivity contribution >= 4 is 6.03 Å². The topological polar surface area (TPSA) is 41.6 Å². The lowest BCUT2D eigenvalue weighted by molar-refractivity contribution is -0.161. The number of benzene rings is 1. The molecule has 1 N–H and O–H groups in total. The molecule has 1 rings (SSSR count). The number of nitrogens with zero attached hydrogens (tertiary/aromatic N) is 1. The van der Waals surface area contributed by atoms with Gasteiger partial charge in [-0.1, -0.05) is 27.2 Å². The van der Waals surface area contributed by atoms with Crippen LogP contribution < -0.4 is 10.4 Å². The van der Waals surface area contributed by atoms with Crippen molar-refractivity contribution in [2.24, 2.45) is 0 Å². The fourth-order valence-corrected chi connectivity index (χ4v) is 0.649. The first-order chi connectivity index (χ1) is 6.24. The molecular weight excluding hydrogens is 182 g/mol. The summed E-state index contributed by atoms with van der Waals surface area (Å²) in [4.78, 5) is 14.5. The van der Waals surface area contributed by atoms with E-state index < -0.39 is 11.3 Å². The van der Waals surface area contributed by atoms with Crippen LogP contribution in [-0.4, -0.2) is 11.3 Å². The van der Waals surface area contributed by atoms with Gasteiger partial charge in [-0.25, -0.2) is 4.79 Å². The summed E-state index contributed by atoms with van der Waals surface area (Å²) in [5.41, 5.74) is 0.572. The number of hydroxylamine groups is 1. The van der Waals surface area contributed by atoms with Crippen LogP contribution in [0, 0.1) is 0 Å². The molecule has 13 heavy (non-hydrogen) atoms. The third-order valence-corrected chi connectivity index (χ3v) is 1.17. The Morgan fingerprint density at radius 2 is 2.00 bits per heavy atom. The van der Waals surface area contributed by atoms with Crippen molar-refractivity contribution in [2.45, 2.75) is 0 Å². The zero-order valence-electron chi connectivity index (χ0n) is 6.41. The number of halogens is 2. The lowest BCUT2D eigenvalue weighted by atomic mass is 10.3. The molecule has 70 valence electrons. The Kier molecular flexibility index (Phi) is 3.02. The fourth-order valence-electron chi connectivity index (χ4n) is 0.649. The monoisotopic (exact) mass is 188 g/mol. The van der Waals surface area contributed by atoms with Crippen molar-refractivity contribution in [3.05, 3.63) is 30.3 Å². The first-order valence-electron chi connectivity index (χ1n) is 3.33. The first kappa shape index (κ1) is 9.24. The molecule has 0 saturated heterocycles. The van der Waals surface area contributed by atoms with E-state index in [1.54, 1.807) is 18.2 Å². The Morgan fingerprint density at radius 1 is 1.38 bits per heavy atom. The summed E-state index contributed by atoms with van der Waals surface area (Å²) in [6.07, 6.45) is 0. The lowest BCUT2D eigenvalue weighted by Gasteiger charge is -2.09. The van der Waals surface area contributed by atoms with Crippen LogP contribution in [0.3, 0.4) is 0 Å². The van der Waals surface area contributed by atoms with Gasteiger partial charge >= 0.3 is 6.03 Å². The van der Waals surface area contributed by atoms with Crippen molar-refractivity contribution < 1.29 is 18.6 Å².